The maximum atomic E-state index is 12.1. The van der Waals surface area contributed by atoms with Crippen LogP contribution in [0.4, 0.5) is 8.78 Å². The molecule has 3 nitrogen and oxygen atoms in total. The monoisotopic (exact) mass is 277 g/mol. The normalized spacial score (nSPS) is 15.6. The summed E-state index contributed by atoms with van der Waals surface area (Å²) in [6, 6.07) is 3.59. The zero-order chi connectivity index (χ0) is 13.1. The van der Waals surface area contributed by atoms with Crippen LogP contribution in [0, 0.1) is 0 Å². The number of halogens is 3. The standard InChI is InChI=1S/C12H14ClF2NO2/c13-9-3-7-1-2-18-11(7)8(4-9)5-16-6-10(17)12(14)15/h3-4,10,12,16-17H,1-2,5-6H2. The first-order valence-electron chi connectivity index (χ1n) is 5.69. The van der Waals surface area contributed by atoms with Gasteiger partial charge in [0, 0.05) is 30.1 Å². The molecule has 1 unspecified atom stereocenters. The Labute approximate surface area is 109 Å². The van der Waals surface area contributed by atoms with Crippen molar-refractivity contribution >= 4 is 11.6 Å². The Morgan fingerprint density at radius 1 is 1.44 bits per heavy atom. The lowest BCUT2D eigenvalue weighted by atomic mass is 10.1. The van der Waals surface area contributed by atoms with E-state index >= 15 is 0 Å². The van der Waals surface area contributed by atoms with Gasteiger partial charge in [-0.25, -0.2) is 8.78 Å². The highest BCUT2D eigenvalue weighted by Crippen LogP contribution is 2.32. The molecule has 1 aliphatic heterocycles. The van der Waals surface area contributed by atoms with Crippen molar-refractivity contribution in [2.75, 3.05) is 13.2 Å². The molecule has 0 amide bonds. The van der Waals surface area contributed by atoms with Gasteiger partial charge in [-0.2, -0.15) is 0 Å². The van der Waals surface area contributed by atoms with E-state index in [0.717, 1.165) is 23.3 Å². The molecule has 100 valence electrons. The Bertz CT molecular complexity index is 429. The summed E-state index contributed by atoms with van der Waals surface area (Å²) in [6.45, 7) is 0.786. The van der Waals surface area contributed by atoms with Crippen molar-refractivity contribution in [2.45, 2.75) is 25.5 Å². The molecule has 1 aliphatic rings. The quantitative estimate of drug-likeness (QED) is 0.865. The number of rotatable bonds is 5. The Morgan fingerprint density at radius 3 is 2.94 bits per heavy atom. The van der Waals surface area contributed by atoms with Gasteiger partial charge in [-0.3, -0.25) is 0 Å². The number of fused-ring (bicyclic) bond motifs is 1. The molecular formula is C12H14ClF2NO2. The predicted molar refractivity (Wildman–Crippen MR) is 64.4 cm³/mol. The molecule has 1 heterocycles. The maximum absolute atomic E-state index is 12.1. The average molecular weight is 278 g/mol. The minimum Gasteiger partial charge on any atom is -0.493 e. The number of hydrogen-bond donors (Lipinski definition) is 2. The topological polar surface area (TPSA) is 41.5 Å². The van der Waals surface area contributed by atoms with Crippen LogP contribution in [0.15, 0.2) is 12.1 Å². The van der Waals surface area contributed by atoms with E-state index in [0.29, 0.717) is 18.2 Å². The predicted octanol–water partition coefficient (Wildman–Crippen LogP) is 1.99. The third-order valence-corrected chi connectivity index (χ3v) is 3.00. The van der Waals surface area contributed by atoms with Crippen LogP contribution in [-0.4, -0.2) is 30.8 Å². The zero-order valence-electron chi connectivity index (χ0n) is 9.63. The number of aliphatic hydroxyl groups excluding tert-OH is 1. The zero-order valence-corrected chi connectivity index (χ0v) is 10.4. The summed E-state index contributed by atoms with van der Waals surface area (Å²) in [5, 5.41) is 12.4. The van der Waals surface area contributed by atoms with E-state index in [1.165, 1.54) is 0 Å². The van der Waals surface area contributed by atoms with Gasteiger partial charge in [-0.05, 0) is 17.7 Å². The summed E-state index contributed by atoms with van der Waals surface area (Å²) >= 11 is 5.97. The lowest BCUT2D eigenvalue weighted by molar-refractivity contribution is -0.00342. The van der Waals surface area contributed by atoms with Crippen LogP contribution < -0.4 is 10.1 Å². The first-order valence-corrected chi connectivity index (χ1v) is 6.06. The summed E-state index contributed by atoms with van der Waals surface area (Å²) in [6.07, 6.45) is -3.58. The van der Waals surface area contributed by atoms with Gasteiger partial charge in [-0.15, -0.1) is 0 Å². The molecule has 0 fully saturated rings. The highest BCUT2D eigenvalue weighted by atomic mass is 35.5. The SMILES string of the molecule is OC(CNCc1cc(Cl)cc2c1OCC2)C(F)F. The van der Waals surface area contributed by atoms with Crippen molar-refractivity contribution in [3.63, 3.8) is 0 Å². The van der Waals surface area contributed by atoms with E-state index in [1.54, 1.807) is 6.07 Å². The molecule has 1 atom stereocenters. The molecule has 18 heavy (non-hydrogen) atoms. The van der Waals surface area contributed by atoms with Gasteiger partial charge in [0.1, 0.15) is 11.9 Å². The highest BCUT2D eigenvalue weighted by molar-refractivity contribution is 6.30. The van der Waals surface area contributed by atoms with E-state index in [1.807, 2.05) is 6.07 Å². The number of benzene rings is 1. The molecular weight excluding hydrogens is 264 g/mol. The molecule has 1 aromatic carbocycles. The Morgan fingerprint density at radius 2 is 2.22 bits per heavy atom. The molecule has 0 radical (unpaired) electrons. The molecule has 0 aromatic heterocycles. The first kappa shape index (κ1) is 13.5. The van der Waals surface area contributed by atoms with Crippen LogP contribution >= 0.6 is 11.6 Å². The van der Waals surface area contributed by atoms with Crippen LogP contribution in [0.5, 0.6) is 5.75 Å². The smallest absolute Gasteiger partial charge is 0.265 e. The number of hydrogen-bond acceptors (Lipinski definition) is 3. The Balaban J connectivity index is 1.98. The van der Waals surface area contributed by atoms with E-state index in [9.17, 15) is 8.78 Å². The molecule has 0 aliphatic carbocycles. The number of alkyl halides is 2. The summed E-state index contributed by atoms with van der Waals surface area (Å²) in [7, 11) is 0. The van der Waals surface area contributed by atoms with Gasteiger partial charge in [0.2, 0.25) is 0 Å². The van der Waals surface area contributed by atoms with Crippen molar-refractivity contribution < 1.29 is 18.6 Å². The lowest BCUT2D eigenvalue weighted by Gasteiger charge is -2.13. The van der Waals surface area contributed by atoms with Crippen molar-refractivity contribution in [2.24, 2.45) is 0 Å². The maximum Gasteiger partial charge on any atom is 0.265 e. The number of nitrogens with one attached hydrogen (secondary N) is 1. The van der Waals surface area contributed by atoms with Crippen LogP contribution in [0.1, 0.15) is 11.1 Å². The van der Waals surface area contributed by atoms with Crippen molar-refractivity contribution in [1.82, 2.24) is 5.32 Å². The molecule has 1 aromatic rings. The molecule has 0 bridgehead atoms. The average Bonchev–Trinajstić information content (AvgIpc) is 2.76. The Kier molecular flexibility index (Phi) is 4.37. The Hall–Kier alpha value is -0.910. The minimum atomic E-state index is -2.74. The lowest BCUT2D eigenvalue weighted by Crippen LogP contribution is -2.31. The summed E-state index contributed by atoms with van der Waals surface area (Å²) in [4.78, 5) is 0. The van der Waals surface area contributed by atoms with Crippen LogP contribution in [0.3, 0.4) is 0 Å². The number of ether oxygens (including phenoxy) is 1. The van der Waals surface area contributed by atoms with Gasteiger partial charge in [-0.1, -0.05) is 11.6 Å². The van der Waals surface area contributed by atoms with Crippen molar-refractivity contribution in [3.05, 3.63) is 28.3 Å². The van der Waals surface area contributed by atoms with Crippen molar-refractivity contribution in [1.29, 1.82) is 0 Å². The second kappa shape index (κ2) is 5.82. The molecule has 2 rings (SSSR count). The fourth-order valence-electron chi connectivity index (χ4n) is 1.92. The second-order valence-electron chi connectivity index (χ2n) is 4.18. The minimum absolute atomic E-state index is 0.168. The van der Waals surface area contributed by atoms with E-state index in [4.69, 9.17) is 21.4 Å². The largest absolute Gasteiger partial charge is 0.493 e. The molecule has 2 N–H and O–H groups in total. The first-order chi connectivity index (χ1) is 8.58. The number of aliphatic hydroxyl groups is 1. The highest BCUT2D eigenvalue weighted by Gasteiger charge is 2.19. The van der Waals surface area contributed by atoms with Crippen LogP contribution in [-0.2, 0) is 13.0 Å². The van der Waals surface area contributed by atoms with Crippen LogP contribution in [0.25, 0.3) is 0 Å². The van der Waals surface area contributed by atoms with Gasteiger partial charge in [0.05, 0.1) is 6.61 Å². The second-order valence-corrected chi connectivity index (χ2v) is 4.62. The fourth-order valence-corrected chi connectivity index (χ4v) is 2.18. The summed E-state index contributed by atoms with van der Waals surface area (Å²) in [5.41, 5.74) is 1.87. The molecule has 0 saturated heterocycles. The third-order valence-electron chi connectivity index (χ3n) is 2.79. The summed E-state index contributed by atoms with van der Waals surface area (Å²) in [5.74, 6) is 0.776. The summed E-state index contributed by atoms with van der Waals surface area (Å²) < 4.78 is 29.7. The molecule has 0 saturated carbocycles. The molecule has 6 heteroatoms. The van der Waals surface area contributed by atoms with Gasteiger partial charge in [0.25, 0.3) is 6.43 Å². The van der Waals surface area contributed by atoms with Crippen molar-refractivity contribution in [3.8, 4) is 5.75 Å². The van der Waals surface area contributed by atoms with E-state index in [2.05, 4.69) is 5.32 Å². The third kappa shape index (κ3) is 3.10. The van der Waals surface area contributed by atoms with Crippen LogP contribution in [0.2, 0.25) is 5.02 Å². The fraction of sp³-hybridized carbons (Fsp3) is 0.500. The molecule has 0 spiro atoms. The van der Waals surface area contributed by atoms with E-state index in [-0.39, 0.29) is 6.54 Å². The van der Waals surface area contributed by atoms with Gasteiger partial charge >= 0.3 is 0 Å². The van der Waals surface area contributed by atoms with Gasteiger partial charge in [0.15, 0.2) is 0 Å². The van der Waals surface area contributed by atoms with Gasteiger partial charge < -0.3 is 15.2 Å². The van der Waals surface area contributed by atoms with E-state index < -0.39 is 12.5 Å².